The van der Waals surface area contributed by atoms with Gasteiger partial charge in [0, 0.05) is 54.7 Å². The van der Waals surface area contributed by atoms with Gasteiger partial charge in [0.2, 0.25) is 0 Å². The maximum Gasteiger partial charge on any atom is 0.164 e. The van der Waals surface area contributed by atoms with Crippen LogP contribution in [0.3, 0.4) is 0 Å². The van der Waals surface area contributed by atoms with E-state index in [1.165, 1.54) is 0 Å². The minimum absolute atomic E-state index is 0.595. The standard InChI is InChI=1S/C54H32N4O/c1-2-17-35(18-3-1)51-44-32-47-50(43-26-9-11-30-46(43)59-47)48(49(44)42-25-8-10-29-45(42)55-51)36-21-12-22-37(31-36)52-56-53(40-27-13-19-33-15-4-6-23-38(33)40)58-54(57-52)41-28-14-20-34-16-5-7-24-39(34)41/h1-32H. The van der Waals surface area contributed by atoms with Crippen molar-refractivity contribution in [1.29, 1.82) is 0 Å². The first-order valence-corrected chi connectivity index (χ1v) is 19.8. The van der Waals surface area contributed by atoms with Crippen LogP contribution in [-0.4, -0.2) is 19.9 Å². The van der Waals surface area contributed by atoms with Crippen molar-refractivity contribution in [3.63, 3.8) is 0 Å². The molecule has 0 unspecified atom stereocenters. The van der Waals surface area contributed by atoms with Gasteiger partial charge in [-0.05, 0) is 51.4 Å². The molecule has 0 spiro atoms. The highest BCUT2D eigenvalue weighted by Gasteiger charge is 2.23. The van der Waals surface area contributed by atoms with Crippen molar-refractivity contribution in [3.8, 4) is 56.5 Å². The minimum atomic E-state index is 0.595. The summed E-state index contributed by atoms with van der Waals surface area (Å²) in [5.74, 6) is 1.84. The monoisotopic (exact) mass is 752 g/mol. The van der Waals surface area contributed by atoms with Crippen LogP contribution in [0.5, 0.6) is 0 Å². The highest BCUT2D eigenvalue weighted by Crippen LogP contribution is 2.47. The normalized spacial score (nSPS) is 11.7. The molecule has 0 aliphatic rings. The average molecular weight is 753 g/mol. The molecule has 59 heavy (non-hydrogen) atoms. The maximum atomic E-state index is 6.68. The topological polar surface area (TPSA) is 64.7 Å². The Labute approximate surface area is 338 Å². The smallest absolute Gasteiger partial charge is 0.164 e. The van der Waals surface area contributed by atoms with Crippen LogP contribution in [0.1, 0.15) is 0 Å². The third-order valence-corrected chi connectivity index (χ3v) is 11.5. The zero-order chi connectivity index (χ0) is 38.9. The van der Waals surface area contributed by atoms with Gasteiger partial charge in [0.1, 0.15) is 11.2 Å². The van der Waals surface area contributed by atoms with Crippen molar-refractivity contribution in [2.45, 2.75) is 0 Å². The van der Waals surface area contributed by atoms with Gasteiger partial charge < -0.3 is 4.42 Å². The van der Waals surface area contributed by atoms with E-state index in [0.717, 1.165) is 104 Å². The van der Waals surface area contributed by atoms with E-state index in [1.807, 2.05) is 18.2 Å². The van der Waals surface area contributed by atoms with Gasteiger partial charge in [-0.25, -0.2) is 19.9 Å². The number of benzene rings is 9. The fourth-order valence-corrected chi connectivity index (χ4v) is 8.82. The molecule has 0 radical (unpaired) electrons. The van der Waals surface area contributed by atoms with Crippen LogP contribution in [0.15, 0.2) is 199 Å². The van der Waals surface area contributed by atoms with E-state index < -0.39 is 0 Å². The molecule has 9 aromatic carbocycles. The summed E-state index contributed by atoms with van der Waals surface area (Å²) in [5.41, 5.74) is 9.44. The molecule has 0 saturated heterocycles. The van der Waals surface area contributed by atoms with Crippen LogP contribution >= 0.6 is 0 Å². The number of hydrogen-bond donors (Lipinski definition) is 0. The molecule has 0 bridgehead atoms. The molecule has 3 aromatic heterocycles. The summed E-state index contributed by atoms with van der Waals surface area (Å²) in [6.45, 7) is 0. The van der Waals surface area contributed by atoms with Crippen LogP contribution < -0.4 is 0 Å². The van der Waals surface area contributed by atoms with E-state index >= 15 is 0 Å². The number of aromatic nitrogens is 4. The van der Waals surface area contributed by atoms with Crippen molar-refractivity contribution in [3.05, 3.63) is 194 Å². The van der Waals surface area contributed by atoms with E-state index in [0.29, 0.717) is 17.5 Å². The summed E-state index contributed by atoms with van der Waals surface area (Å²) in [5, 5.41) is 9.77. The zero-order valence-electron chi connectivity index (χ0n) is 31.7. The van der Waals surface area contributed by atoms with Crippen molar-refractivity contribution < 1.29 is 4.42 Å². The van der Waals surface area contributed by atoms with Gasteiger partial charge in [0.25, 0.3) is 0 Å². The van der Waals surface area contributed by atoms with Crippen LogP contribution in [0.2, 0.25) is 0 Å². The largest absolute Gasteiger partial charge is 0.456 e. The van der Waals surface area contributed by atoms with Crippen LogP contribution in [-0.2, 0) is 0 Å². The number of hydrogen-bond acceptors (Lipinski definition) is 5. The third-order valence-electron chi connectivity index (χ3n) is 11.5. The summed E-state index contributed by atoms with van der Waals surface area (Å²) < 4.78 is 6.68. The van der Waals surface area contributed by atoms with Gasteiger partial charge >= 0.3 is 0 Å². The summed E-state index contributed by atoms with van der Waals surface area (Å²) >= 11 is 0. The lowest BCUT2D eigenvalue weighted by Gasteiger charge is -2.16. The molecular formula is C54H32N4O. The summed E-state index contributed by atoms with van der Waals surface area (Å²) in [6, 6.07) is 67.4. The van der Waals surface area contributed by atoms with Crippen molar-refractivity contribution >= 4 is 65.2 Å². The lowest BCUT2D eigenvalue weighted by atomic mass is 9.89. The van der Waals surface area contributed by atoms with Crippen molar-refractivity contribution in [1.82, 2.24) is 19.9 Å². The molecule has 0 amide bonds. The predicted molar refractivity (Wildman–Crippen MR) is 242 cm³/mol. The van der Waals surface area contributed by atoms with Gasteiger partial charge in [0.15, 0.2) is 17.5 Å². The lowest BCUT2D eigenvalue weighted by molar-refractivity contribution is 0.669. The van der Waals surface area contributed by atoms with Crippen LogP contribution in [0.25, 0.3) is 122 Å². The Morgan fingerprint density at radius 2 is 0.864 bits per heavy atom. The quantitative estimate of drug-likeness (QED) is 0.164. The molecule has 0 fully saturated rings. The lowest BCUT2D eigenvalue weighted by Crippen LogP contribution is -2.01. The second-order valence-electron chi connectivity index (χ2n) is 14.9. The van der Waals surface area contributed by atoms with Gasteiger partial charge in [-0.3, -0.25) is 0 Å². The molecule has 0 N–H and O–H groups in total. The summed E-state index contributed by atoms with van der Waals surface area (Å²) in [7, 11) is 0. The number of pyridine rings is 1. The average Bonchev–Trinajstić information content (AvgIpc) is 3.68. The van der Waals surface area contributed by atoms with Gasteiger partial charge in [0.05, 0.1) is 11.2 Å². The molecule has 5 nitrogen and oxygen atoms in total. The van der Waals surface area contributed by atoms with E-state index in [4.69, 9.17) is 24.4 Å². The molecule has 274 valence electrons. The van der Waals surface area contributed by atoms with Crippen LogP contribution in [0.4, 0.5) is 0 Å². The second kappa shape index (κ2) is 13.3. The number of nitrogens with zero attached hydrogens (tertiary/aromatic N) is 4. The first-order chi connectivity index (χ1) is 29.2. The van der Waals surface area contributed by atoms with Gasteiger partial charge in [-0.15, -0.1) is 0 Å². The van der Waals surface area contributed by atoms with Crippen LogP contribution in [0, 0.1) is 0 Å². The van der Waals surface area contributed by atoms with Crippen molar-refractivity contribution in [2.75, 3.05) is 0 Å². The second-order valence-corrected chi connectivity index (χ2v) is 14.9. The number of furan rings is 1. The Morgan fingerprint density at radius 1 is 0.322 bits per heavy atom. The maximum absolute atomic E-state index is 6.68. The first kappa shape index (κ1) is 33.2. The molecule has 0 aliphatic heterocycles. The third kappa shape index (κ3) is 5.40. The fraction of sp³-hybridized carbons (Fsp3) is 0. The fourth-order valence-electron chi connectivity index (χ4n) is 8.82. The zero-order valence-corrected chi connectivity index (χ0v) is 31.7. The molecular weight excluding hydrogens is 721 g/mol. The summed E-state index contributed by atoms with van der Waals surface area (Å²) in [6.07, 6.45) is 0. The molecule has 3 heterocycles. The Bertz CT molecular complexity index is 3520. The van der Waals surface area contributed by atoms with Gasteiger partial charge in [-0.2, -0.15) is 0 Å². The summed E-state index contributed by atoms with van der Waals surface area (Å²) in [4.78, 5) is 21.1. The molecule has 0 saturated carbocycles. The molecule has 12 aromatic rings. The highest BCUT2D eigenvalue weighted by atomic mass is 16.3. The Kier molecular flexibility index (Phi) is 7.47. The Morgan fingerprint density at radius 3 is 1.59 bits per heavy atom. The first-order valence-electron chi connectivity index (χ1n) is 19.8. The number of fused-ring (bicyclic) bond motifs is 8. The number of para-hydroxylation sites is 2. The van der Waals surface area contributed by atoms with E-state index in [-0.39, 0.29) is 0 Å². The predicted octanol–water partition coefficient (Wildman–Crippen LogP) is 14.1. The molecule has 0 aliphatic carbocycles. The van der Waals surface area contributed by atoms with E-state index in [1.54, 1.807) is 0 Å². The molecule has 0 atom stereocenters. The van der Waals surface area contributed by atoms with Crippen molar-refractivity contribution in [2.24, 2.45) is 0 Å². The number of rotatable bonds is 5. The van der Waals surface area contributed by atoms with Gasteiger partial charge in [-0.1, -0.05) is 170 Å². The molecule has 5 heteroatoms. The van der Waals surface area contributed by atoms with E-state index in [9.17, 15) is 0 Å². The minimum Gasteiger partial charge on any atom is -0.456 e. The molecule has 12 rings (SSSR count). The Hall–Kier alpha value is -8.02. The SMILES string of the molecule is c1ccc(-c2nc3ccccc3c3c(-c4cccc(-c5nc(-c6cccc7ccccc67)nc(-c6cccc7ccccc67)n5)c4)c4c(cc23)oc2ccccc24)cc1. The van der Waals surface area contributed by atoms with E-state index in [2.05, 4.69) is 176 Å². The Balaban J connectivity index is 1.16. The highest BCUT2D eigenvalue weighted by molar-refractivity contribution is 6.27.